The van der Waals surface area contributed by atoms with E-state index >= 15 is 0 Å². The predicted molar refractivity (Wildman–Crippen MR) is 69.6 cm³/mol. The maximum Gasteiger partial charge on any atom is 0.145 e. The van der Waals surface area contributed by atoms with Crippen LogP contribution in [-0.2, 0) is 0 Å². The first kappa shape index (κ1) is 12.5. The van der Waals surface area contributed by atoms with E-state index in [1.807, 2.05) is 12.4 Å². The van der Waals surface area contributed by atoms with E-state index in [0.717, 1.165) is 5.82 Å². The third-order valence-corrected chi connectivity index (χ3v) is 3.78. The second-order valence-corrected chi connectivity index (χ2v) is 5.48. The quantitative estimate of drug-likeness (QED) is 0.872. The van der Waals surface area contributed by atoms with Crippen molar-refractivity contribution in [3.05, 3.63) is 23.8 Å². The first-order valence-electron chi connectivity index (χ1n) is 6.76. The summed E-state index contributed by atoms with van der Waals surface area (Å²) in [6.07, 6.45) is 10.6. The zero-order valence-corrected chi connectivity index (χ0v) is 10.9. The lowest BCUT2D eigenvalue weighted by Crippen LogP contribution is -2.20. The highest BCUT2D eigenvalue weighted by Crippen LogP contribution is 2.32. The van der Waals surface area contributed by atoms with Crippen molar-refractivity contribution in [3.63, 3.8) is 0 Å². The fourth-order valence-electron chi connectivity index (χ4n) is 2.47. The van der Waals surface area contributed by atoms with Gasteiger partial charge in [0.2, 0.25) is 0 Å². The van der Waals surface area contributed by atoms with Gasteiger partial charge in [-0.2, -0.15) is 0 Å². The molecule has 94 valence electrons. The fourth-order valence-corrected chi connectivity index (χ4v) is 2.47. The minimum Gasteiger partial charge on any atom is -0.321 e. The van der Waals surface area contributed by atoms with Gasteiger partial charge in [-0.15, -0.1) is 0 Å². The Bertz CT molecular complexity index is 339. The Kier molecular flexibility index (Phi) is 4.11. The lowest BCUT2D eigenvalue weighted by molar-refractivity contribution is 0.439. The van der Waals surface area contributed by atoms with Gasteiger partial charge in [-0.3, -0.25) is 0 Å². The van der Waals surface area contributed by atoms with Crippen LogP contribution in [0.2, 0.25) is 0 Å². The van der Waals surface area contributed by atoms with Gasteiger partial charge in [0.15, 0.2) is 0 Å². The van der Waals surface area contributed by atoms with Crippen molar-refractivity contribution in [2.45, 2.75) is 57.9 Å². The minimum absolute atomic E-state index is 0.0459. The normalized spacial score (nSPS) is 19.5. The number of aromatic nitrogens is 2. The van der Waals surface area contributed by atoms with Crippen molar-refractivity contribution in [1.82, 2.24) is 9.97 Å². The smallest absolute Gasteiger partial charge is 0.145 e. The van der Waals surface area contributed by atoms with Gasteiger partial charge in [-0.25, -0.2) is 9.97 Å². The van der Waals surface area contributed by atoms with Crippen LogP contribution in [0.25, 0.3) is 0 Å². The van der Waals surface area contributed by atoms with Crippen LogP contribution in [0.4, 0.5) is 0 Å². The van der Waals surface area contributed by atoms with E-state index in [2.05, 4.69) is 23.8 Å². The van der Waals surface area contributed by atoms with Gasteiger partial charge in [0.1, 0.15) is 5.82 Å². The number of rotatable bonds is 3. The van der Waals surface area contributed by atoms with Gasteiger partial charge in [0, 0.05) is 12.4 Å². The summed E-state index contributed by atoms with van der Waals surface area (Å²) in [5.74, 6) is 1.84. The highest BCUT2D eigenvalue weighted by molar-refractivity contribution is 5.13. The summed E-state index contributed by atoms with van der Waals surface area (Å²) in [7, 11) is 0. The maximum absolute atomic E-state index is 6.04. The number of hydrogen-bond acceptors (Lipinski definition) is 3. The van der Waals surface area contributed by atoms with Crippen LogP contribution in [-0.4, -0.2) is 9.97 Å². The highest BCUT2D eigenvalue weighted by atomic mass is 14.9. The van der Waals surface area contributed by atoms with Gasteiger partial charge in [-0.05, 0) is 30.2 Å². The van der Waals surface area contributed by atoms with E-state index in [0.29, 0.717) is 11.8 Å². The molecule has 0 amide bonds. The first-order chi connectivity index (χ1) is 8.18. The second kappa shape index (κ2) is 5.58. The van der Waals surface area contributed by atoms with Crippen molar-refractivity contribution in [2.24, 2.45) is 11.7 Å². The molecule has 0 bridgehead atoms. The zero-order chi connectivity index (χ0) is 12.3. The van der Waals surface area contributed by atoms with Crippen molar-refractivity contribution < 1.29 is 0 Å². The van der Waals surface area contributed by atoms with Crippen molar-refractivity contribution in [2.75, 3.05) is 0 Å². The summed E-state index contributed by atoms with van der Waals surface area (Å²) in [5, 5.41) is 0. The molecule has 1 aliphatic rings. The summed E-state index contributed by atoms with van der Waals surface area (Å²) < 4.78 is 0. The monoisotopic (exact) mass is 233 g/mol. The largest absolute Gasteiger partial charge is 0.321 e. The van der Waals surface area contributed by atoms with Gasteiger partial charge >= 0.3 is 0 Å². The molecular weight excluding hydrogens is 210 g/mol. The molecule has 1 aromatic heterocycles. The van der Waals surface area contributed by atoms with Gasteiger partial charge < -0.3 is 5.73 Å². The average molecular weight is 233 g/mol. The van der Waals surface area contributed by atoms with E-state index in [9.17, 15) is 0 Å². The van der Waals surface area contributed by atoms with Gasteiger partial charge in [0.25, 0.3) is 0 Å². The Morgan fingerprint density at radius 3 is 2.24 bits per heavy atom. The third kappa shape index (κ3) is 3.03. The molecule has 1 aliphatic carbocycles. The standard InChI is InChI=1S/C14H23N3/c1-10(2)13(15)14-16-8-12(9-17-14)11-6-4-3-5-7-11/h8-11,13H,3-7,15H2,1-2H3. The second-order valence-electron chi connectivity index (χ2n) is 5.48. The number of nitrogens with two attached hydrogens (primary N) is 1. The van der Waals surface area contributed by atoms with E-state index < -0.39 is 0 Å². The Balaban J connectivity index is 2.06. The van der Waals surface area contributed by atoms with Crippen LogP contribution in [0, 0.1) is 5.92 Å². The molecule has 1 fully saturated rings. The van der Waals surface area contributed by atoms with Crippen LogP contribution < -0.4 is 5.73 Å². The minimum atomic E-state index is -0.0459. The lowest BCUT2D eigenvalue weighted by atomic mass is 9.85. The molecular formula is C14H23N3. The summed E-state index contributed by atoms with van der Waals surface area (Å²) in [6.45, 7) is 4.20. The van der Waals surface area contributed by atoms with Crippen molar-refractivity contribution in [1.29, 1.82) is 0 Å². The van der Waals surface area contributed by atoms with Crippen LogP contribution in [0.5, 0.6) is 0 Å². The summed E-state index contributed by atoms with van der Waals surface area (Å²) in [4.78, 5) is 8.88. The lowest BCUT2D eigenvalue weighted by Gasteiger charge is -2.22. The molecule has 0 saturated heterocycles. The van der Waals surface area contributed by atoms with Crippen LogP contribution in [0.1, 0.15) is 69.3 Å². The number of nitrogens with zero attached hydrogens (tertiary/aromatic N) is 2. The highest BCUT2D eigenvalue weighted by Gasteiger charge is 2.18. The predicted octanol–water partition coefficient (Wildman–Crippen LogP) is 3.18. The molecule has 2 rings (SSSR count). The van der Waals surface area contributed by atoms with E-state index in [-0.39, 0.29) is 6.04 Å². The van der Waals surface area contributed by atoms with Crippen LogP contribution >= 0.6 is 0 Å². The van der Waals surface area contributed by atoms with E-state index in [1.165, 1.54) is 37.7 Å². The number of hydrogen-bond donors (Lipinski definition) is 1. The topological polar surface area (TPSA) is 51.8 Å². The molecule has 3 heteroatoms. The molecule has 0 radical (unpaired) electrons. The Labute approximate surface area is 104 Å². The molecule has 0 aliphatic heterocycles. The molecule has 1 unspecified atom stereocenters. The molecule has 1 atom stereocenters. The fraction of sp³-hybridized carbons (Fsp3) is 0.714. The Morgan fingerprint density at radius 2 is 1.71 bits per heavy atom. The molecule has 1 saturated carbocycles. The van der Waals surface area contributed by atoms with Gasteiger partial charge in [-0.1, -0.05) is 33.1 Å². The Hall–Kier alpha value is -0.960. The van der Waals surface area contributed by atoms with Gasteiger partial charge in [0.05, 0.1) is 6.04 Å². The summed E-state index contributed by atoms with van der Waals surface area (Å²) in [5.41, 5.74) is 7.34. The van der Waals surface area contributed by atoms with Crippen LogP contribution in [0.15, 0.2) is 12.4 Å². The molecule has 0 spiro atoms. The van der Waals surface area contributed by atoms with Crippen molar-refractivity contribution in [3.8, 4) is 0 Å². The SMILES string of the molecule is CC(C)C(N)c1ncc(C2CCCCC2)cn1. The molecule has 1 aromatic rings. The molecule has 1 heterocycles. The van der Waals surface area contributed by atoms with Crippen LogP contribution in [0.3, 0.4) is 0 Å². The van der Waals surface area contributed by atoms with E-state index in [4.69, 9.17) is 5.73 Å². The maximum atomic E-state index is 6.04. The summed E-state index contributed by atoms with van der Waals surface area (Å²) >= 11 is 0. The first-order valence-corrected chi connectivity index (χ1v) is 6.76. The van der Waals surface area contributed by atoms with E-state index in [1.54, 1.807) is 0 Å². The molecule has 2 N–H and O–H groups in total. The molecule has 3 nitrogen and oxygen atoms in total. The molecule has 0 aromatic carbocycles. The van der Waals surface area contributed by atoms with Crippen molar-refractivity contribution >= 4 is 0 Å². The summed E-state index contributed by atoms with van der Waals surface area (Å²) in [6, 6.07) is -0.0459. The Morgan fingerprint density at radius 1 is 1.12 bits per heavy atom. The average Bonchev–Trinajstić information content (AvgIpc) is 2.39. The zero-order valence-electron chi connectivity index (χ0n) is 10.9. The third-order valence-electron chi connectivity index (χ3n) is 3.78. The molecule has 17 heavy (non-hydrogen) atoms.